The molecule has 1 atom stereocenters. The van der Waals surface area contributed by atoms with E-state index < -0.39 is 0 Å². The van der Waals surface area contributed by atoms with Crippen LogP contribution in [0.25, 0.3) is 0 Å². The summed E-state index contributed by atoms with van der Waals surface area (Å²) in [5, 5.41) is 0. The third kappa shape index (κ3) is 1.26. The second kappa shape index (κ2) is 3.09. The highest BCUT2D eigenvalue weighted by molar-refractivity contribution is 5.95. The first-order valence-electron chi connectivity index (χ1n) is 4.15. The summed E-state index contributed by atoms with van der Waals surface area (Å²) in [6.45, 7) is 0.545. The topological polar surface area (TPSA) is 15.6 Å². The zero-order valence-corrected chi connectivity index (χ0v) is 6.78. The molecular weight excluding hydrogens is 155 g/mol. The molecule has 0 saturated heterocycles. The molecule has 3 heteroatoms. The largest absolute Gasteiger partial charge is 0.333 e. The SMILES string of the molecule is FCC1CCN2C=CC=CC2=N1. The summed E-state index contributed by atoms with van der Waals surface area (Å²) < 4.78 is 12.3. The minimum absolute atomic E-state index is 0.118. The lowest BCUT2D eigenvalue weighted by molar-refractivity contribution is 0.369. The zero-order valence-electron chi connectivity index (χ0n) is 6.78. The van der Waals surface area contributed by atoms with E-state index in [2.05, 4.69) is 4.99 Å². The fraction of sp³-hybridized carbons (Fsp3) is 0.444. The Labute approximate surface area is 71.1 Å². The van der Waals surface area contributed by atoms with Crippen LogP contribution in [0.3, 0.4) is 0 Å². The standard InChI is InChI=1S/C9H11FN2/c10-7-8-4-6-12-5-2-1-3-9(12)11-8/h1-3,5,8H,4,6-7H2. The average Bonchev–Trinajstić information content (AvgIpc) is 2.17. The van der Waals surface area contributed by atoms with Crippen LogP contribution in [0.4, 0.5) is 4.39 Å². The van der Waals surface area contributed by atoms with Crippen LogP contribution >= 0.6 is 0 Å². The summed E-state index contributed by atoms with van der Waals surface area (Å²) in [6, 6.07) is -0.118. The van der Waals surface area contributed by atoms with Crippen LogP contribution in [-0.4, -0.2) is 30.0 Å². The molecule has 2 nitrogen and oxygen atoms in total. The maximum Gasteiger partial charge on any atom is 0.127 e. The number of allylic oxidation sites excluding steroid dienone is 2. The fourth-order valence-electron chi connectivity index (χ4n) is 1.42. The summed E-state index contributed by atoms with van der Waals surface area (Å²) >= 11 is 0. The lowest BCUT2D eigenvalue weighted by Crippen LogP contribution is -2.35. The van der Waals surface area contributed by atoms with Gasteiger partial charge >= 0.3 is 0 Å². The lowest BCUT2D eigenvalue weighted by atomic mass is 10.1. The van der Waals surface area contributed by atoms with Crippen molar-refractivity contribution in [2.24, 2.45) is 4.99 Å². The molecule has 0 radical (unpaired) electrons. The molecule has 2 heterocycles. The number of halogens is 1. The van der Waals surface area contributed by atoms with Gasteiger partial charge in [0.2, 0.25) is 0 Å². The smallest absolute Gasteiger partial charge is 0.127 e. The van der Waals surface area contributed by atoms with E-state index in [9.17, 15) is 4.39 Å². The molecular formula is C9H11FN2. The van der Waals surface area contributed by atoms with Crippen molar-refractivity contribution >= 4 is 5.84 Å². The summed E-state index contributed by atoms with van der Waals surface area (Å²) in [5.74, 6) is 0.895. The van der Waals surface area contributed by atoms with Gasteiger partial charge in [-0.1, -0.05) is 6.08 Å². The fourth-order valence-corrected chi connectivity index (χ4v) is 1.42. The molecule has 0 aromatic carbocycles. The predicted molar refractivity (Wildman–Crippen MR) is 46.8 cm³/mol. The maximum absolute atomic E-state index is 12.3. The van der Waals surface area contributed by atoms with E-state index in [1.165, 1.54) is 0 Å². The van der Waals surface area contributed by atoms with E-state index >= 15 is 0 Å². The van der Waals surface area contributed by atoms with Gasteiger partial charge in [-0.15, -0.1) is 0 Å². The van der Waals surface area contributed by atoms with Crippen LogP contribution in [0, 0.1) is 0 Å². The van der Waals surface area contributed by atoms with Gasteiger partial charge in [0.1, 0.15) is 12.5 Å². The van der Waals surface area contributed by atoms with Crippen molar-refractivity contribution in [1.29, 1.82) is 0 Å². The Hall–Kier alpha value is -1.12. The summed E-state index contributed by atoms with van der Waals surface area (Å²) in [5.41, 5.74) is 0. The summed E-state index contributed by atoms with van der Waals surface area (Å²) in [7, 11) is 0. The number of hydrogen-bond acceptors (Lipinski definition) is 2. The van der Waals surface area contributed by atoms with Gasteiger partial charge in [-0.25, -0.2) is 4.39 Å². The second-order valence-corrected chi connectivity index (χ2v) is 2.98. The molecule has 2 aliphatic rings. The highest BCUT2D eigenvalue weighted by Gasteiger charge is 2.18. The molecule has 1 unspecified atom stereocenters. The molecule has 0 N–H and O–H groups in total. The Morgan fingerprint density at radius 2 is 2.50 bits per heavy atom. The van der Waals surface area contributed by atoms with Crippen molar-refractivity contribution in [2.45, 2.75) is 12.5 Å². The zero-order chi connectivity index (χ0) is 8.39. The monoisotopic (exact) mass is 166 g/mol. The van der Waals surface area contributed by atoms with E-state index in [4.69, 9.17) is 0 Å². The third-order valence-electron chi connectivity index (χ3n) is 2.11. The van der Waals surface area contributed by atoms with E-state index in [0.717, 1.165) is 18.8 Å². The Morgan fingerprint density at radius 1 is 1.58 bits per heavy atom. The minimum atomic E-state index is -0.338. The van der Waals surface area contributed by atoms with Gasteiger partial charge in [0.05, 0.1) is 6.04 Å². The third-order valence-corrected chi connectivity index (χ3v) is 2.11. The quantitative estimate of drug-likeness (QED) is 0.576. The number of nitrogens with zero attached hydrogens (tertiary/aromatic N) is 2. The first-order chi connectivity index (χ1) is 5.90. The predicted octanol–water partition coefficient (Wildman–Crippen LogP) is 1.51. The summed E-state index contributed by atoms with van der Waals surface area (Å²) in [6.07, 6.45) is 8.61. The highest BCUT2D eigenvalue weighted by atomic mass is 19.1. The van der Waals surface area contributed by atoms with Gasteiger partial charge in [-0.3, -0.25) is 4.99 Å². The first kappa shape index (κ1) is 7.53. The van der Waals surface area contributed by atoms with Gasteiger partial charge in [0.25, 0.3) is 0 Å². The molecule has 0 amide bonds. The van der Waals surface area contributed by atoms with Crippen molar-refractivity contribution in [2.75, 3.05) is 13.2 Å². The first-order valence-corrected chi connectivity index (χ1v) is 4.15. The molecule has 0 aliphatic carbocycles. The molecule has 0 spiro atoms. The molecule has 64 valence electrons. The molecule has 0 fully saturated rings. The second-order valence-electron chi connectivity index (χ2n) is 2.98. The van der Waals surface area contributed by atoms with Crippen LogP contribution < -0.4 is 0 Å². The lowest BCUT2D eigenvalue weighted by Gasteiger charge is -2.28. The highest BCUT2D eigenvalue weighted by Crippen LogP contribution is 2.14. The number of alkyl halides is 1. The van der Waals surface area contributed by atoms with Crippen LogP contribution in [0.15, 0.2) is 29.4 Å². The normalized spacial score (nSPS) is 26.9. The number of aliphatic imine (C=N–C) groups is 1. The van der Waals surface area contributed by atoms with Crippen molar-refractivity contribution < 1.29 is 4.39 Å². The number of fused-ring (bicyclic) bond motifs is 1. The van der Waals surface area contributed by atoms with Gasteiger partial charge in [0.15, 0.2) is 0 Å². The van der Waals surface area contributed by atoms with Gasteiger partial charge in [-0.05, 0) is 18.6 Å². The molecule has 2 aliphatic heterocycles. The Balaban J connectivity index is 2.19. The maximum atomic E-state index is 12.3. The average molecular weight is 166 g/mol. The Morgan fingerprint density at radius 3 is 3.33 bits per heavy atom. The van der Waals surface area contributed by atoms with E-state index in [-0.39, 0.29) is 12.7 Å². The number of hydrogen-bond donors (Lipinski definition) is 0. The molecule has 0 bridgehead atoms. The van der Waals surface area contributed by atoms with Crippen molar-refractivity contribution in [1.82, 2.24) is 4.90 Å². The molecule has 0 saturated carbocycles. The van der Waals surface area contributed by atoms with E-state index in [0.29, 0.717) is 0 Å². The van der Waals surface area contributed by atoms with Crippen LogP contribution in [0.2, 0.25) is 0 Å². The van der Waals surface area contributed by atoms with E-state index in [1.807, 2.05) is 29.3 Å². The summed E-state index contributed by atoms with van der Waals surface area (Å²) in [4.78, 5) is 6.30. The van der Waals surface area contributed by atoms with Crippen LogP contribution in [-0.2, 0) is 0 Å². The Kier molecular flexibility index (Phi) is 1.94. The number of amidine groups is 1. The van der Waals surface area contributed by atoms with Crippen molar-refractivity contribution in [3.05, 3.63) is 24.4 Å². The van der Waals surface area contributed by atoms with Gasteiger partial charge in [0, 0.05) is 12.7 Å². The van der Waals surface area contributed by atoms with Gasteiger partial charge in [-0.2, -0.15) is 0 Å². The molecule has 0 aromatic heterocycles. The van der Waals surface area contributed by atoms with Crippen molar-refractivity contribution in [3.63, 3.8) is 0 Å². The number of rotatable bonds is 1. The van der Waals surface area contributed by atoms with Gasteiger partial charge < -0.3 is 4.90 Å². The molecule has 2 rings (SSSR count). The van der Waals surface area contributed by atoms with Crippen LogP contribution in [0.5, 0.6) is 0 Å². The van der Waals surface area contributed by atoms with E-state index in [1.54, 1.807) is 0 Å². The molecule has 12 heavy (non-hydrogen) atoms. The van der Waals surface area contributed by atoms with Crippen molar-refractivity contribution in [3.8, 4) is 0 Å². The minimum Gasteiger partial charge on any atom is -0.333 e. The van der Waals surface area contributed by atoms with Crippen LogP contribution in [0.1, 0.15) is 6.42 Å². The molecule has 0 aromatic rings. The Bertz CT molecular complexity index is 255.